The van der Waals surface area contributed by atoms with Gasteiger partial charge in [0, 0.05) is 15.7 Å². The van der Waals surface area contributed by atoms with Gasteiger partial charge in [-0.25, -0.2) is 4.79 Å². The van der Waals surface area contributed by atoms with Crippen LogP contribution in [0.15, 0.2) is 63.9 Å². The summed E-state index contributed by atoms with van der Waals surface area (Å²) < 4.78 is 11.0. The highest BCUT2D eigenvalue weighted by atomic mass is 32.2. The molecule has 0 fully saturated rings. The van der Waals surface area contributed by atoms with Gasteiger partial charge in [-0.05, 0) is 31.2 Å². The number of ketones is 1. The molecule has 0 saturated carbocycles. The Balaban J connectivity index is 1.57. The van der Waals surface area contributed by atoms with Crippen LogP contribution in [-0.2, 0) is 14.3 Å². The van der Waals surface area contributed by atoms with E-state index in [-0.39, 0.29) is 30.1 Å². The second-order valence-corrected chi connectivity index (χ2v) is 9.53. The van der Waals surface area contributed by atoms with Gasteiger partial charge in [-0.1, -0.05) is 51.1 Å². The molecule has 1 N–H and O–H groups in total. The lowest BCUT2D eigenvalue weighted by Gasteiger charge is -2.16. The Hall–Kier alpha value is -3.06. The average Bonchev–Trinajstić information content (AvgIpc) is 3.20. The van der Waals surface area contributed by atoms with Crippen LogP contribution in [0.3, 0.4) is 0 Å². The van der Waals surface area contributed by atoms with Gasteiger partial charge in [0.05, 0.1) is 17.4 Å². The van der Waals surface area contributed by atoms with Gasteiger partial charge >= 0.3 is 5.97 Å². The predicted molar refractivity (Wildman–Crippen MR) is 125 cm³/mol. The Morgan fingerprint density at radius 3 is 2.47 bits per heavy atom. The number of amides is 1. The van der Waals surface area contributed by atoms with E-state index in [2.05, 4.69) is 5.32 Å². The molecule has 3 aromatic rings. The molecule has 1 heterocycles. The number of Topliss-reactive ketones (excluding diaryl/α,β-unsaturated/α-hetero) is 1. The van der Waals surface area contributed by atoms with Crippen molar-refractivity contribution in [3.05, 3.63) is 65.9 Å². The van der Waals surface area contributed by atoms with Crippen molar-refractivity contribution >= 4 is 40.4 Å². The summed E-state index contributed by atoms with van der Waals surface area (Å²) in [5, 5.41) is 3.90. The zero-order chi connectivity index (χ0) is 23.3. The van der Waals surface area contributed by atoms with E-state index in [1.54, 1.807) is 45.0 Å². The molecule has 6 nitrogen and oxygen atoms in total. The number of rotatable bonds is 8. The van der Waals surface area contributed by atoms with Crippen molar-refractivity contribution in [2.75, 3.05) is 12.4 Å². The summed E-state index contributed by atoms with van der Waals surface area (Å²) in [4.78, 5) is 37.6. The van der Waals surface area contributed by atoms with Crippen LogP contribution in [0.2, 0.25) is 0 Å². The third-order valence-corrected chi connectivity index (χ3v) is 5.96. The van der Waals surface area contributed by atoms with E-state index >= 15 is 0 Å². The standard InChI is InChI=1S/C25H27NO5S/c1-16(20-13-17-9-5-7-11-19(17)31-20)26-23(28)15-32-21-12-8-6-10-18(21)24(29)30-14-22(27)25(2,3)4/h5-13,16H,14-15H2,1-4H3,(H,26,28)/t16-/m0/s1. The van der Waals surface area contributed by atoms with Crippen molar-refractivity contribution in [2.24, 2.45) is 5.41 Å². The minimum Gasteiger partial charge on any atom is -0.459 e. The molecule has 0 saturated heterocycles. The molecule has 0 spiro atoms. The topological polar surface area (TPSA) is 85.6 Å². The molecule has 1 aromatic heterocycles. The number of esters is 1. The van der Waals surface area contributed by atoms with E-state index in [4.69, 9.17) is 9.15 Å². The number of hydrogen-bond acceptors (Lipinski definition) is 6. The third kappa shape index (κ3) is 6.01. The van der Waals surface area contributed by atoms with Crippen molar-refractivity contribution in [1.29, 1.82) is 0 Å². The Kier molecular flexibility index (Phi) is 7.40. The maximum atomic E-state index is 12.5. The molecular weight excluding hydrogens is 426 g/mol. The molecular formula is C25H27NO5S. The lowest BCUT2D eigenvalue weighted by atomic mass is 9.91. The molecule has 1 amide bonds. The van der Waals surface area contributed by atoms with Gasteiger partial charge in [0.15, 0.2) is 12.4 Å². The SMILES string of the molecule is C[C@H](NC(=O)CSc1ccccc1C(=O)OCC(=O)C(C)(C)C)c1cc2ccccc2o1. The van der Waals surface area contributed by atoms with E-state index in [1.165, 1.54) is 11.8 Å². The summed E-state index contributed by atoms with van der Waals surface area (Å²) in [6, 6.07) is 16.2. The van der Waals surface area contributed by atoms with E-state index < -0.39 is 11.4 Å². The monoisotopic (exact) mass is 453 g/mol. The molecule has 0 aliphatic rings. The Morgan fingerprint density at radius 2 is 1.75 bits per heavy atom. The Morgan fingerprint density at radius 1 is 1.06 bits per heavy atom. The fraction of sp³-hybridized carbons (Fsp3) is 0.320. The zero-order valence-electron chi connectivity index (χ0n) is 18.6. The largest absolute Gasteiger partial charge is 0.459 e. The molecule has 0 bridgehead atoms. The van der Waals surface area contributed by atoms with Crippen molar-refractivity contribution < 1.29 is 23.5 Å². The van der Waals surface area contributed by atoms with Gasteiger partial charge in [-0.15, -0.1) is 11.8 Å². The van der Waals surface area contributed by atoms with Crippen molar-refractivity contribution in [2.45, 2.75) is 38.6 Å². The van der Waals surface area contributed by atoms with Crippen LogP contribution in [-0.4, -0.2) is 30.0 Å². The molecule has 7 heteroatoms. The average molecular weight is 454 g/mol. The minimum atomic E-state index is -0.582. The van der Waals surface area contributed by atoms with Crippen molar-refractivity contribution in [3.8, 4) is 0 Å². The lowest BCUT2D eigenvalue weighted by molar-refractivity contribution is -0.129. The number of benzene rings is 2. The number of ether oxygens (including phenoxy) is 1. The highest BCUT2D eigenvalue weighted by molar-refractivity contribution is 8.00. The molecule has 2 aromatic carbocycles. The Bertz CT molecular complexity index is 1100. The van der Waals surface area contributed by atoms with Gasteiger partial charge in [0.1, 0.15) is 11.3 Å². The van der Waals surface area contributed by atoms with Gasteiger partial charge in [0.2, 0.25) is 5.91 Å². The Labute approximate surface area is 191 Å². The number of para-hydroxylation sites is 1. The van der Waals surface area contributed by atoms with Crippen LogP contribution in [0.25, 0.3) is 11.0 Å². The normalized spacial score (nSPS) is 12.4. The summed E-state index contributed by atoms with van der Waals surface area (Å²) in [6.07, 6.45) is 0. The molecule has 0 radical (unpaired) electrons. The first kappa shape index (κ1) is 23.6. The fourth-order valence-electron chi connectivity index (χ4n) is 2.90. The first-order chi connectivity index (χ1) is 15.1. The number of furan rings is 1. The van der Waals surface area contributed by atoms with Gasteiger partial charge in [0.25, 0.3) is 0 Å². The molecule has 0 aliphatic carbocycles. The van der Waals surface area contributed by atoms with E-state index in [0.29, 0.717) is 16.2 Å². The maximum Gasteiger partial charge on any atom is 0.339 e. The summed E-state index contributed by atoms with van der Waals surface area (Å²) in [5.41, 5.74) is 0.524. The highest BCUT2D eigenvalue weighted by Crippen LogP contribution is 2.26. The zero-order valence-corrected chi connectivity index (χ0v) is 19.5. The number of thioether (sulfide) groups is 1. The predicted octanol–water partition coefficient (Wildman–Crippen LogP) is 5.17. The summed E-state index contributed by atoms with van der Waals surface area (Å²) in [7, 11) is 0. The number of fused-ring (bicyclic) bond motifs is 1. The number of hydrogen-bond donors (Lipinski definition) is 1. The summed E-state index contributed by atoms with van der Waals surface area (Å²) >= 11 is 1.24. The molecule has 168 valence electrons. The first-order valence-electron chi connectivity index (χ1n) is 10.4. The van der Waals surface area contributed by atoms with Crippen LogP contribution >= 0.6 is 11.8 Å². The van der Waals surface area contributed by atoms with Crippen molar-refractivity contribution in [3.63, 3.8) is 0 Å². The van der Waals surface area contributed by atoms with E-state index in [0.717, 1.165) is 11.0 Å². The second kappa shape index (κ2) is 10.0. The van der Waals surface area contributed by atoms with Crippen molar-refractivity contribution in [1.82, 2.24) is 5.32 Å². The number of carbonyl (C=O) groups is 3. The smallest absolute Gasteiger partial charge is 0.339 e. The van der Waals surface area contributed by atoms with Crippen LogP contribution in [0.4, 0.5) is 0 Å². The van der Waals surface area contributed by atoms with Gasteiger partial charge in [-0.3, -0.25) is 9.59 Å². The van der Waals surface area contributed by atoms with Crippen LogP contribution in [0, 0.1) is 5.41 Å². The molecule has 0 aliphatic heterocycles. The third-order valence-electron chi connectivity index (χ3n) is 4.89. The molecule has 3 rings (SSSR count). The van der Waals surface area contributed by atoms with Crippen LogP contribution < -0.4 is 5.32 Å². The number of carbonyl (C=O) groups excluding carboxylic acids is 3. The first-order valence-corrected chi connectivity index (χ1v) is 11.3. The molecule has 32 heavy (non-hydrogen) atoms. The van der Waals surface area contributed by atoms with Crippen LogP contribution in [0.1, 0.15) is 49.9 Å². The summed E-state index contributed by atoms with van der Waals surface area (Å²) in [6.45, 7) is 6.91. The second-order valence-electron chi connectivity index (χ2n) is 8.51. The maximum absolute atomic E-state index is 12.5. The highest BCUT2D eigenvalue weighted by Gasteiger charge is 2.23. The molecule has 0 unspecified atom stereocenters. The van der Waals surface area contributed by atoms with E-state index in [1.807, 2.05) is 37.3 Å². The van der Waals surface area contributed by atoms with Gasteiger partial charge < -0.3 is 14.5 Å². The van der Waals surface area contributed by atoms with E-state index in [9.17, 15) is 14.4 Å². The lowest BCUT2D eigenvalue weighted by Crippen LogP contribution is -2.28. The fourth-order valence-corrected chi connectivity index (χ4v) is 3.75. The molecule has 1 atom stereocenters. The van der Waals surface area contributed by atoms with Crippen LogP contribution in [0.5, 0.6) is 0 Å². The summed E-state index contributed by atoms with van der Waals surface area (Å²) in [5.74, 6) is -0.127. The number of nitrogens with one attached hydrogen (secondary N) is 1. The minimum absolute atomic E-state index is 0.121. The quantitative estimate of drug-likeness (QED) is 0.374. The van der Waals surface area contributed by atoms with Gasteiger partial charge in [-0.2, -0.15) is 0 Å².